The van der Waals surface area contributed by atoms with E-state index in [2.05, 4.69) is 43.3 Å². The van der Waals surface area contributed by atoms with Gasteiger partial charge in [-0.1, -0.05) is 18.2 Å². The number of nitrogens with one attached hydrogen (secondary N) is 2. The van der Waals surface area contributed by atoms with Crippen molar-refractivity contribution in [2.45, 2.75) is 51.9 Å². The molecule has 0 aliphatic carbocycles. The van der Waals surface area contributed by atoms with Gasteiger partial charge >= 0.3 is 0 Å². The molecule has 0 bridgehead atoms. The Hall–Kier alpha value is -3.01. The molecule has 8 nitrogen and oxygen atoms in total. The molecule has 194 valence electrons. The Morgan fingerprint density at radius 2 is 2.05 bits per heavy atom. The lowest BCUT2D eigenvalue weighted by Gasteiger charge is -2.43. The van der Waals surface area contributed by atoms with E-state index in [-0.39, 0.29) is 0 Å². The second kappa shape index (κ2) is 10.8. The van der Waals surface area contributed by atoms with Crippen molar-refractivity contribution < 1.29 is 4.21 Å². The topological polar surface area (TPSA) is 86.3 Å². The number of hydrogen-bond acceptors (Lipinski definition) is 7. The number of piperidine rings is 1. The van der Waals surface area contributed by atoms with Crippen molar-refractivity contribution in [1.29, 1.82) is 0 Å². The maximum Gasteiger partial charge on any atom is 0.227 e. The average molecular weight is 538 g/mol. The van der Waals surface area contributed by atoms with Gasteiger partial charge in [0.15, 0.2) is 0 Å². The molecule has 5 rings (SSSR count). The van der Waals surface area contributed by atoms with Crippen molar-refractivity contribution in [2.24, 2.45) is 0 Å². The third-order valence-corrected chi connectivity index (χ3v) is 7.90. The van der Waals surface area contributed by atoms with Crippen molar-refractivity contribution in [2.75, 3.05) is 22.8 Å². The molecule has 0 saturated carbocycles. The lowest BCUT2D eigenvalue weighted by Crippen LogP contribution is -2.46. The Bertz CT molecular complexity index is 1350. The third kappa shape index (κ3) is 5.79. The van der Waals surface area contributed by atoms with Crippen LogP contribution in [0.15, 0.2) is 49.3 Å². The highest BCUT2D eigenvalue weighted by molar-refractivity contribution is 7.85. The van der Waals surface area contributed by atoms with E-state index >= 15 is 0 Å². The number of aryl methyl sites for hydroxylation is 1. The third-order valence-electron chi connectivity index (χ3n) is 7.17. The first kappa shape index (κ1) is 25.6. The van der Waals surface area contributed by atoms with Crippen molar-refractivity contribution in [3.05, 3.63) is 76.7 Å². The highest BCUT2D eigenvalue weighted by Crippen LogP contribution is 2.33. The average Bonchev–Trinajstić information content (AvgIpc) is 3.29. The summed E-state index contributed by atoms with van der Waals surface area (Å²) >= 11 is 6.09. The van der Waals surface area contributed by atoms with Crippen molar-refractivity contribution in [1.82, 2.24) is 24.8 Å². The summed E-state index contributed by atoms with van der Waals surface area (Å²) in [6.45, 7) is 11.3. The fourth-order valence-electron chi connectivity index (χ4n) is 5.24. The molecule has 0 amide bonds. The van der Waals surface area contributed by atoms with Crippen LogP contribution in [0, 0.1) is 6.92 Å². The van der Waals surface area contributed by atoms with Crippen LogP contribution in [-0.2, 0) is 24.1 Å². The van der Waals surface area contributed by atoms with E-state index < -0.39 is 11.0 Å². The van der Waals surface area contributed by atoms with E-state index in [1.165, 1.54) is 5.56 Å². The lowest BCUT2D eigenvalue weighted by atomic mass is 9.95. The van der Waals surface area contributed by atoms with Crippen LogP contribution < -0.4 is 10.0 Å². The van der Waals surface area contributed by atoms with Gasteiger partial charge < -0.3 is 10.2 Å². The Morgan fingerprint density at radius 1 is 1.22 bits per heavy atom. The molecule has 1 saturated heterocycles. The van der Waals surface area contributed by atoms with Crippen LogP contribution in [0.2, 0.25) is 5.02 Å². The highest BCUT2D eigenvalue weighted by Gasteiger charge is 2.33. The van der Waals surface area contributed by atoms with E-state index in [4.69, 9.17) is 16.6 Å². The number of halogens is 1. The van der Waals surface area contributed by atoms with Crippen molar-refractivity contribution in [3.63, 3.8) is 0 Å². The molecule has 2 N–H and O–H groups in total. The molecule has 0 spiro atoms. The molecule has 37 heavy (non-hydrogen) atoms. The number of fused-ring (bicyclic) bond motifs is 1. The zero-order valence-corrected chi connectivity index (χ0v) is 22.9. The minimum atomic E-state index is -1.17. The summed E-state index contributed by atoms with van der Waals surface area (Å²) in [4.78, 5) is 18.6. The summed E-state index contributed by atoms with van der Waals surface area (Å²) in [7, 11) is -1.17. The summed E-state index contributed by atoms with van der Waals surface area (Å²) in [6.07, 6.45) is 7.37. The van der Waals surface area contributed by atoms with Gasteiger partial charge in [0.2, 0.25) is 5.95 Å². The highest BCUT2D eigenvalue weighted by atomic mass is 35.5. The molecular formula is C27H32ClN7OS. The normalized spacial score (nSPS) is 20.4. The predicted molar refractivity (Wildman–Crippen MR) is 151 cm³/mol. The number of aromatic nitrogens is 3. The zero-order chi connectivity index (χ0) is 26.1. The Morgan fingerprint density at radius 3 is 2.81 bits per heavy atom. The van der Waals surface area contributed by atoms with Gasteiger partial charge in [-0.05, 0) is 62.6 Å². The van der Waals surface area contributed by atoms with Crippen molar-refractivity contribution in [3.8, 4) is 0 Å². The summed E-state index contributed by atoms with van der Waals surface area (Å²) in [6, 6.07) is 10.4. The monoisotopic (exact) mass is 537 g/mol. The molecule has 3 atom stereocenters. The lowest BCUT2D eigenvalue weighted by molar-refractivity contribution is 0.102. The summed E-state index contributed by atoms with van der Waals surface area (Å²) < 4.78 is 14.4. The molecule has 2 aliphatic rings. The van der Waals surface area contributed by atoms with Crippen LogP contribution in [0.25, 0.3) is 5.70 Å². The van der Waals surface area contributed by atoms with Gasteiger partial charge in [-0.15, -0.1) is 0 Å². The molecule has 2 aliphatic heterocycles. The van der Waals surface area contributed by atoms with E-state index in [1.54, 1.807) is 12.5 Å². The molecule has 3 aromatic rings. The minimum absolute atomic E-state index is 0.344. The van der Waals surface area contributed by atoms with Crippen LogP contribution in [0.5, 0.6) is 0 Å². The van der Waals surface area contributed by atoms with Gasteiger partial charge in [0.25, 0.3) is 0 Å². The molecule has 1 unspecified atom stereocenters. The molecule has 2 aromatic heterocycles. The molecule has 10 heteroatoms. The van der Waals surface area contributed by atoms with Crippen LogP contribution in [0.3, 0.4) is 0 Å². The Kier molecular flexibility index (Phi) is 7.46. The van der Waals surface area contributed by atoms with Crippen LogP contribution in [0.1, 0.15) is 42.1 Å². The number of benzene rings is 1. The van der Waals surface area contributed by atoms with Crippen LogP contribution in [0.4, 0.5) is 17.5 Å². The fraction of sp³-hybridized carbons (Fsp3) is 0.370. The summed E-state index contributed by atoms with van der Waals surface area (Å²) in [5.41, 5.74) is 6.27. The number of likely N-dealkylation sites (tertiary alicyclic amines) is 1. The summed E-state index contributed by atoms with van der Waals surface area (Å²) in [5.74, 6) is 1.21. The Labute approximate surface area is 225 Å². The van der Waals surface area contributed by atoms with Gasteiger partial charge in [0.1, 0.15) is 16.8 Å². The van der Waals surface area contributed by atoms with E-state index in [1.807, 2.05) is 43.5 Å². The van der Waals surface area contributed by atoms with E-state index in [0.717, 1.165) is 60.7 Å². The largest absolute Gasteiger partial charge is 0.369 e. The first-order valence-electron chi connectivity index (χ1n) is 12.4. The number of rotatable bonds is 7. The van der Waals surface area contributed by atoms with Crippen LogP contribution in [-0.4, -0.2) is 53.8 Å². The van der Waals surface area contributed by atoms with Gasteiger partial charge in [0.05, 0.1) is 5.69 Å². The first-order valence-corrected chi connectivity index (χ1v) is 14.3. The van der Waals surface area contributed by atoms with E-state index in [9.17, 15) is 4.21 Å². The fourth-order valence-corrected chi connectivity index (χ4v) is 5.88. The van der Waals surface area contributed by atoms with Gasteiger partial charge in [-0.2, -0.15) is 0 Å². The Balaban J connectivity index is 1.21. The molecule has 1 aromatic carbocycles. The second-order valence-corrected chi connectivity index (χ2v) is 11.4. The number of anilines is 3. The minimum Gasteiger partial charge on any atom is -0.369 e. The molecule has 1 fully saturated rings. The van der Waals surface area contributed by atoms with Gasteiger partial charge in [0, 0.05) is 77.9 Å². The first-order chi connectivity index (χ1) is 17.8. The molecular weight excluding hydrogens is 506 g/mol. The maximum absolute atomic E-state index is 11.5. The number of pyridine rings is 1. The number of hydrogen-bond donors (Lipinski definition) is 2. The quantitative estimate of drug-likeness (QED) is 0.432. The van der Waals surface area contributed by atoms with E-state index in [0.29, 0.717) is 28.9 Å². The van der Waals surface area contributed by atoms with Gasteiger partial charge in [-0.3, -0.25) is 9.62 Å². The zero-order valence-electron chi connectivity index (χ0n) is 21.4. The van der Waals surface area contributed by atoms with Crippen molar-refractivity contribution >= 4 is 45.7 Å². The summed E-state index contributed by atoms with van der Waals surface area (Å²) in [5, 5.41) is 4.05. The van der Waals surface area contributed by atoms with Gasteiger partial charge in [-0.25, -0.2) is 19.2 Å². The van der Waals surface area contributed by atoms with Crippen LogP contribution >= 0.6 is 11.6 Å². The SMILES string of the molecule is C=C(c1ccnc(NS(C)=O)c1)N1CC[C@@H](N2Cc3cnc(Nc4ccc(Cl)cc4C)nc3C2)C[C@H]1C. The molecule has 4 heterocycles. The predicted octanol–water partition coefficient (Wildman–Crippen LogP) is 5.12. The smallest absolute Gasteiger partial charge is 0.227 e. The standard InChI is InChI=1S/C27H32ClN7OS/c1-17-11-22(28)5-6-24(17)31-27-30-14-21-15-34(16-25(21)32-27)23-8-10-35(18(2)12-23)19(3)20-7-9-29-26(13-20)33-37(4)36/h5-7,9,11,13-14,18,23H,3,8,10,12,15-16H2,1-2,4H3,(H,29,33)(H,30,31,32)/t18-,23-,37?/m1/s1. The second-order valence-electron chi connectivity index (χ2n) is 9.81. The maximum atomic E-state index is 11.5. The molecule has 0 radical (unpaired) electrons. The number of nitrogens with zero attached hydrogens (tertiary/aromatic N) is 5.